The van der Waals surface area contributed by atoms with Crippen LogP contribution in [0.25, 0.3) is 22.1 Å². The fourth-order valence-corrected chi connectivity index (χ4v) is 1.76. The molecular formula is C15H10O4. The summed E-state index contributed by atoms with van der Waals surface area (Å²) in [7, 11) is 0. The molecule has 0 aliphatic carbocycles. The number of fused-ring (bicyclic) bond motifs is 1. The van der Waals surface area contributed by atoms with Gasteiger partial charge in [0, 0.05) is 6.07 Å². The standard InChI is InChI=1S/C15H10O4/c16-10-3-1-9(2-4-10)13-8-19-14-7-11(17)5-6-12(14)15(13)18/h1-8,16-17H/i5D,6D,8D/hD. The van der Waals surface area contributed by atoms with Gasteiger partial charge < -0.3 is 14.6 Å². The van der Waals surface area contributed by atoms with Crippen LogP contribution in [0.5, 0.6) is 11.5 Å². The Balaban J connectivity index is 2.40. The summed E-state index contributed by atoms with van der Waals surface area (Å²) in [6.45, 7) is 0. The summed E-state index contributed by atoms with van der Waals surface area (Å²) in [5.74, 6) is -0.222. The highest BCUT2D eigenvalue weighted by Crippen LogP contribution is 2.23. The predicted octanol–water partition coefficient (Wildman–Crippen LogP) is 2.87. The number of benzene rings is 2. The van der Waals surface area contributed by atoms with Crippen molar-refractivity contribution in [3.05, 3.63) is 58.9 Å². The van der Waals surface area contributed by atoms with E-state index in [1.807, 2.05) is 0 Å². The van der Waals surface area contributed by atoms with Crippen molar-refractivity contribution >= 4 is 11.0 Å². The van der Waals surface area contributed by atoms with Crippen LogP contribution in [-0.2, 0) is 0 Å². The second kappa shape index (κ2) is 4.17. The topological polar surface area (TPSA) is 70.7 Å². The SMILES string of the molecule is [2H]Oc1cc2oc([2H])c(-c3ccc(O)cc3)c(=O)c2c([2H])c1[2H]. The van der Waals surface area contributed by atoms with Crippen LogP contribution in [0, 0.1) is 0 Å². The van der Waals surface area contributed by atoms with Gasteiger partial charge in [-0.05, 0) is 29.8 Å². The summed E-state index contributed by atoms with van der Waals surface area (Å²) >= 11 is 0. The van der Waals surface area contributed by atoms with E-state index in [0.717, 1.165) is 6.07 Å². The third-order valence-electron chi connectivity index (χ3n) is 2.69. The highest BCUT2D eigenvalue weighted by atomic mass is 16.3. The van der Waals surface area contributed by atoms with Crippen molar-refractivity contribution in [2.24, 2.45) is 0 Å². The number of aromatic hydroxyl groups is 2. The Morgan fingerprint density at radius 2 is 1.95 bits per heavy atom. The highest BCUT2D eigenvalue weighted by Gasteiger charge is 2.09. The minimum atomic E-state index is -0.628. The van der Waals surface area contributed by atoms with E-state index in [-0.39, 0.29) is 28.0 Å². The summed E-state index contributed by atoms with van der Waals surface area (Å²) < 4.78 is 35.7. The van der Waals surface area contributed by atoms with Crippen molar-refractivity contribution < 1.29 is 18.7 Å². The van der Waals surface area contributed by atoms with Gasteiger partial charge in [0.2, 0.25) is 0 Å². The molecule has 1 aromatic heterocycles. The minimum Gasteiger partial charge on any atom is -0.508 e. The van der Waals surface area contributed by atoms with E-state index in [1.54, 1.807) is 0 Å². The lowest BCUT2D eigenvalue weighted by molar-refractivity contribution is 0.473. The average molecular weight is 258 g/mol. The van der Waals surface area contributed by atoms with Crippen molar-refractivity contribution in [2.75, 3.05) is 0 Å². The Kier molecular flexibility index (Phi) is 1.68. The van der Waals surface area contributed by atoms with Crippen LogP contribution in [0.3, 0.4) is 0 Å². The number of rotatable bonds is 2. The van der Waals surface area contributed by atoms with Gasteiger partial charge in [-0.3, -0.25) is 4.79 Å². The van der Waals surface area contributed by atoms with Crippen LogP contribution in [0.4, 0.5) is 0 Å². The quantitative estimate of drug-likeness (QED) is 0.741. The Morgan fingerprint density at radius 3 is 2.68 bits per heavy atom. The van der Waals surface area contributed by atoms with E-state index in [4.69, 9.17) is 9.96 Å². The van der Waals surface area contributed by atoms with Gasteiger partial charge in [0.1, 0.15) is 24.7 Å². The fraction of sp³-hybridized carbons (Fsp3) is 0. The van der Waals surface area contributed by atoms with Crippen molar-refractivity contribution in [1.82, 2.24) is 0 Å². The lowest BCUT2D eigenvalue weighted by Gasteiger charge is -2.03. The molecule has 3 aromatic rings. The Labute approximate surface area is 113 Å². The fourth-order valence-electron chi connectivity index (χ4n) is 1.76. The summed E-state index contributed by atoms with van der Waals surface area (Å²) in [5, 5.41) is 13.4. The largest absolute Gasteiger partial charge is 0.508 e. The first kappa shape index (κ1) is 7.63. The van der Waals surface area contributed by atoms with Crippen molar-refractivity contribution in [3.63, 3.8) is 0 Å². The maximum Gasteiger partial charge on any atom is 0.293 e. The molecule has 0 aliphatic heterocycles. The molecule has 0 spiro atoms. The maximum atomic E-state index is 12.7. The van der Waals surface area contributed by atoms with E-state index in [1.165, 1.54) is 24.3 Å². The molecule has 0 bridgehead atoms. The van der Waals surface area contributed by atoms with Crippen LogP contribution >= 0.6 is 0 Å². The molecule has 4 heteroatoms. The Bertz CT molecular complexity index is 964. The first-order valence-corrected chi connectivity index (χ1v) is 5.44. The van der Waals surface area contributed by atoms with E-state index < -0.39 is 23.8 Å². The molecule has 4 nitrogen and oxygen atoms in total. The second-order valence-electron chi connectivity index (χ2n) is 3.95. The van der Waals surface area contributed by atoms with Crippen LogP contribution in [0.2, 0.25) is 0 Å². The first-order chi connectivity index (χ1) is 10.9. The zero-order valence-corrected chi connectivity index (χ0v) is 9.56. The number of phenolic OH excluding ortho intramolecular Hbond substituents is 2. The van der Waals surface area contributed by atoms with Gasteiger partial charge in [-0.2, -0.15) is 0 Å². The molecular weight excluding hydrogens is 244 g/mol. The number of hydrogen-bond donors (Lipinski definition) is 2. The van der Waals surface area contributed by atoms with E-state index in [0.29, 0.717) is 5.56 Å². The molecule has 0 radical (unpaired) electrons. The number of phenols is 2. The van der Waals surface area contributed by atoms with Crippen molar-refractivity contribution in [1.29, 1.82) is 1.43 Å². The number of hydrogen-bond acceptors (Lipinski definition) is 4. The van der Waals surface area contributed by atoms with E-state index >= 15 is 0 Å². The molecule has 0 saturated heterocycles. The van der Waals surface area contributed by atoms with E-state index in [9.17, 15) is 9.90 Å². The third kappa shape index (κ3) is 1.93. The molecule has 3 rings (SSSR count). The summed E-state index contributed by atoms with van der Waals surface area (Å²) in [4.78, 5) is 12.7. The Hall–Kier alpha value is -2.75. The molecule has 94 valence electrons. The zero-order valence-electron chi connectivity index (χ0n) is 13.6. The zero-order chi connectivity index (χ0) is 16.7. The molecule has 0 aliphatic rings. The van der Waals surface area contributed by atoms with Gasteiger partial charge in [-0.25, -0.2) is 0 Å². The second-order valence-corrected chi connectivity index (χ2v) is 3.95. The predicted molar refractivity (Wildman–Crippen MR) is 71.2 cm³/mol. The molecule has 2 aromatic carbocycles. The van der Waals surface area contributed by atoms with Gasteiger partial charge >= 0.3 is 0 Å². The molecule has 0 saturated carbocycles. The van der Waals surface area contributed by atoms with Gasteiger partial charge in [-0.1, -0.05) is 12.1 Å². The molecule has 0 unspecified atom stereocenters. The normalized spacial score (nSPS) is 13.5. The van der Waals surface area contributed by atoms with Gasteiger partial charge in [0.15, 0.2) is 5.43 Å². The maximum absolute atomic E-state index is 12.7. The molecule has 0 atom stereocenters. The van der Waals surface area contributed by atoms with E-state index in [2.05, 4.69) is 5.11 Å². The van der Waals surface area contributed by atoms with Gasteiger partial charge in [0.05, 0.1) is 13.7 Å². The summed E-state index contributed by atoms with van der Waals surface area (Å²) in [6.07, 6.45) is -0.416. The first-order valence-electron chi connectivity index (χ1n) is 7.35. The lowest BCUT2D eigenvalue weighted by Crippen LogP contribution is -2.04. The molecule has 0 fully saturated rings. The van der Waals surface area contributed by atoms with Gasteiger partial charge in [-0.15, -0.1) is 0 Å². The van der Waals surface area contributed by atoms with Crippen LogP contribution in [0.15, 0.2) is 57.9 Å². The minimum absolute atomic E-state index is 0.0114. The van der Waals surface area contributed by atoms with Crippen molar-refractivity contribution in [3.8, 4) is 22.6 Å². The smallest absolute Gasteiger partial charge is 0.293 e. The lowest BCUT2D eigenvalue weighted by atomic mass is 10.1. The van der Waals surface area contributed by atoms with Gasteiger partial charge in [0.25, 0.3) is 1.43 Å². The summed E-state index contributed by atoms with van der Waals surface area (Å²) in [6, 6.07) is 5.95. The summed E-state index contributed by atoms with van der Waals surface area (Å²) in [5.41, 5.74) is -0.428. The van der Waals surface area contributed by atoms with Crippen LogP contribution in [-0.4, -0.2) is 11.6 Å². The van der Waals surface area contributed by atoms with Crippen LogP contribution in [0.1, 0.15) is 4.11 Å². The van der Waals surface area contributed by atoms with Crippen LogP contribution < -0.4 is 5.43 Å². The third-order valence-corrected chi connectivity index (χ3v) is 2.69. The molecule has 1 heterocycles. The monoisotopic (exact) mass is 258 g/mol. The highest BCUT2D eigenvalue weighted by molar-refractivity contribution is 5.82. The molecule has 19 heavy (non-hydrogen) atoms. The van der Waals surface area contributed by atoms with Crippen molar-refractivity contribution in [2.45, 2.75) is 0 Å². The molecule has 0 amide bonds. The Morgan fingerprint density at radius 1 is 1.16 bits per heavy atom. The average Bonchev–Trinajstić information content (AvgIpc) is 2.52. The molecule has 2 N–H and O–H groups in total.